The first kappa shape index (κ1) is 25.3. The van der Waals surface area contributed by atoms with Crippen molar-refractivity contribution in [1.29, 1.82) is 0 Å². The van der Waals surface area contributed by atoms with Gasteiger partial charge in [0.25, 0.3) is 0 Å². The maximum atomic E-state index is 8.56. The summed E-state index contributed by atoms with van der Waals surface area (Å²) in [5.41, 5.74) is 14.1. The Kier molecular flexibility index (Phi) is 7.05. The predicted molar refractivity (Wildman–Crippen MR) is 151 cm³/mol. The maximum Gasteiger partial charge on any atom is 0.503 e. The third-order valence-corrected chi connectivity index (χ3v) is 7.36. The number of benzene rings is 2. The fourth-order valence-corrected chi connectivity index (χ4v) is 5.51. The molecule has 0 spiro atoms. The van der Waals surface area contributed by atoms with E-state index in [2.05, 4.69) is 76.7 Å². The zero-order valence-electron chi connectivity index (χ0n) is 21.7. The van der Waals surface area contributed by atoms with E-state index in [4.69, 9.17) is 25.7 Å². The zero-order valence-corrected chi connectivity index (χ0v) is 21.7. The Morgan fingerprint density at radius 2 is 1.82 bits per heavy atom. The number of hydrogen-bond donors (Lipinski definition) is 4. The number of aromatic nitrogens is 4. The van der Waals surface area contributed by atoms with Gasteiger partial charge in [-0.25, -0.2) is 14.8 Å². The second-order valence-corrected chi connectivity index (χ2v) is 10.2. The number of aromatic amines is 1. The summed E-state index contributed by atoms with van der Waals surface area (Å²) in [5.74, 6) is 2.59. The van der Waals surface area contributed by atoms with Gasteiger partial charge in [0.2, 0.25) is 0 Å². The number of carbonyl (C=O) groups is 1. The van der Waals surface area contributed by atoms with Gasteiger partial charge in [-0.2, -0.15) is 0 Å². The summed E-state index contributed by atoms with van der Waals surface area (Å²) in [6, 6.07) is 17.5. The fourth-order valence-electron chi connectivity index (χ4n) is 5.51. The van der Waals surface area contributed by atoms with Crippen LogP contribution in [-0.4, -0.2) is 35.7 Å². The molecule has 3 aromatic heterocycles. The van der Waals surface area contributed by atoms with Gasteiger partial charge in [-0.15, -0.1) is 0 Å². The number of carboxylic acid groups (broad SMARTS) is 2. The summed E-state index contributed by atoms with van der Waals surface area (Å²) < 4.78 is 2.17. The van der Waals surface area contributed by atoms with Crippen molar-refractivity contribution in [3.63, 3.8) is 0 Å². The molecule has 0 bridgehead atoms. The number of imidazole rings is 1. The average Bonchev–Trinajstić information content (AvgIpc) is 3.51. The van der Waals surface area contributed by atoms with Crippen LogP contribution in [0.15, 0.2) is 60.9 Å². The highest BCUT2D eigenvalue weighted by molar-refractivity contribution is 5.98. The van der Waals surface area contributed by atoms with E-state index in [0.717, 1.165) is 28.2 Å². The number of H-pyrrole nitrogens is 1. The Morgan fingerprint density at radius 1 is 1.08 bits per heavy atom. The number of nitrogens with two attached hydrogens (primary N) is 1. The van der Waals surface area contributed by atoms with E-state index < -0.39 is 6.16 Å². The molecule has 6 rings (SSSR count). The summed E-state index contributed by atoms with van der Waals surface area (Å²) in [6.07, 6.45) is 8.18. The van der Waals surface area contributed by atoms with Crippen molar-refractivity contribution in [2.75, 3.05) is 5.73 Å². The monoisotopic (exact) mass is 511 g/mol. The molecule has 0 radical (unpaired) electrons. The Bertz CT molecular complexity index is 1590. The number of nitrogen functional groups attached to an aromatic ring is 1. The number of nitrogens with zero attached hydrogens (tertiary/aromatic N) is 3. The summed E-state index contributed by atoms with van der Waals surface area (Å²) in [4.78, 5) is 21.9. The van der Waals surface area contributed by atoms with E-state index in [1.54, 1.807) is 6.20 Å². The highest BCUT2D eigenvalue weighted by atomic mass is 16.6. The molecule has 0 unspecified atom stereocenters. The van der Waals surface area contributed by atoms with Gasteiger partial charge in [-0.1, -0.05) is 75.6 Å². The van der Waals surface area contributed by atoms with Crippen molar-refractivity contribution < 1.29 is 15.0 Å². The van der Waals surface area contributed by atoms with Crippen molar-refractivity contribution in [2.45, 2.75) is 57.8 Å². The summed E-state index contributed by atoms with van der Waals surface area (Å²) in [7, 11) is 0. The smallest absolute Gasteiger partial charge is 0.450 e. The van der Waals surface area contributed by atoms with E-state index in [-0.39, 0.29) is 0 Å². The van der Waals surface area contributed by atoms with E-state index >= 15 is 0 Å². The molecule has 5 aromatic rings. The van der Waals surface area contributed by atoms with Crippen molar-refractivity contribution in [3.8, 4) is 22.5 Å². The largest absolute Gasteiger partial charge is 0.503 e. The van der Waals surface area contributed by atoms with Crippen LogP contribution in [0.2, 0.25) is 0 Å². The molecule has 38 heavy (non-hydrogen) atoms. The minimum Gasteiger partial charge on any atom is -0.450 e. The lowest BCUT2D eigenvalue weighted by Crippen LogP contribution is -2.09. The molecular formula is C30H33N5O3. The van der Waals surface area contributed by atoms with Crippen LogP contribution in [0.1, 0.15) is 69.2 Å². The Hall–Kier alpha value is -4.33. The molecule has 2 aromatic carbocycles. The fraction of sp³-hybridized carbons (Fsp3) is 0.300. The van der Waals surface area contributed by atoms with Gasteiger partial charge in [0, 0.05) is 29.3 Å². The first-order valence-electron chi connectivity index (χ1n) is 13.1. The van der Waals surface area contributed by atoms with Crippen molar-refractivity contribution >= 4 is 28.4 Å². The van der Waals surface area contributed by atoms with E-state index in [1.165, 1.54) is 54.2 Å². The van der Waals surface area contributed by atoms with Gasteiger partial charge < -0.3 is 20.9 Å². The number of hydrogen-bond acceptors (Lipinski definition) is 4. The number of nitrogens with one attached hydrogen (secondary N) is 1. The van der Waals surface area contributed by atoms with Crippen molar-refractivity contribution in [2.24, 2.45) is 0 Å². The number of rotatable bonds is 4. The predicted octanol–water partition coefficient (Wildman–Crippen LogP) is 7.52. The topological polar surface area (TPSA) is 130 Å². The van der Waals surface area contributed by atoms with Gasteiger partial charge in [0.15, 0.2) is 0 Å². The molecule has 3 heterocycles. The van der Waals surface area contributed by atoms with Gasteiger partial charge in [0.1, 0.15) is 22.9 Å². The second kappa shape index (κ2) is 10.6. The van der Waals surface area contributed by atoms with Crippen LogP contribution in [0.5, 0.6) is 0 Å². The lowest BCUT2D eigenvalue weighted by Gasteiger charge is -2.20. The second-order valence-electron chi connectivity index (χ2n) is 10.2. The third kappa shape index (κ3) is 4.94. The first-order valence-corrected chi connectivity index (χ1v) is 13.1. The molecule has 8 nitrogen and oxygen atoms in total. The minimum atomic E-state index is -1.83. The summed E-state index contributed by atoms with van der Waals surface area (Å²) in [6.45, 7) is 4.47. The molecule has 8 heteroatoms. The molecule has 0 aliphatic heterocycles. The molecule has 0 atom stereocenters. The van der Waals surface area contributed by atoms with E-state index in [1.807, 2.05) is 6.20 Å². The van der Waals surface area contributed by atoms with Crippen molar-refractivity contribution in [3.05, 3.63) is 72.3 Å². The molecule has 0 amide bonds. The molecule has 1 aliphatic carbocycles. The SMILES string of the molecule is CC(C)c1cccc(-c2cccc3cc(-c4nc(C5CCCCC5)n5ccnc(N)c45)[nH]c23)c1.O=C(O)O. The Labute approximate surface area is 221 Å². The minimum absolute atomic E-state index is 0.468. The molecule has 1 saturated carbocycles. The third-order valence-electron chi connectivity index (χ3n) is 7.36. The Balaban J connectivity index is 0.000000689. The van der Waals surface area contributed by atoms with E-state index in [9.17, 15) is 0 Å². The van der Waals surface area contributed by atoms with Crippen LogP contribution in [0.4, 0.5) is 10.6 Å². The summed E-state index contributed by atoms with van der Waals surface area (Å²) in [5, 5.41) is 15.1. The highest BCUT2D eigenvalue weighted by Crippen LogP contribution is 2.38. The average molecular weight is 512 g/mol. The molecule has 1 aliphatic rings. The quantitative estimate of drug-likeness (QED) is 0.197. The first-order chi connectivity index (χ1) is 18.3. The van der Waals surface area contributed by atoms with Gasteiger partial charge >= 0.3 is 6.16 Å². The lowest BCUT2D eigenvalue weighted by molar-refractivity contribution is 0.137. The zero-order chi connectivity index (χ0) is 26.8. The highest BCUT2D eigenvalue weighted by Gasteiger charge is 2.25. The van der Waals surface area contributed by atoms with Crippen LogP contribution in [0, 0.1) is 0 Å². The maximum absolute atomic E-state index is 8.56. The van der Waals surface area contributed by atoms with Gasteiger partial charge in [-0.05, 0) is 36.0 Å². The summed E-state index contributed by atoms with van der Waals surface area (Å²) >= 11 is 0. The molecule has 0 saturated heterocycles. The number of para-hydroxylation sites is 1. The molecule has 1 fully saturated rings. The molecule has 196 valence electrons. The standard InChI is InChI=1S/C29H31N5.CH2O3/c1-18(2)20-10-6-11-21(16-20)23-13-7-12-22-17-24(32-25(22)23)26-27-28(30)31-14-15-34(27)29(33-26)19-8-4-3-5-9-19;2-1(3)4/h6-7,10-19,32H,3-5,8-9H2,1-2H3,(H2,30,31);(H2,2,3,4). The van der Waals surface area contributed by atoms with Crippen LogP contribution < -0.4 is 5.73 Å². The van der Waals surface area contributed by atoms with Crippen LogP contribution in [-0.2, 0) is 0 Å². The van der Waals surface area contributed by atoms with Gasteiger partial charge in [0.05, 0.1) is 11.2 Å². The number of fused-ring (bicyclic) bond motifs is 2. The number of anilines is 1. The van der Waals surface area contributed by atoms with Crippen LogP contribution in [0.3, 0.4) is 0 Å². The van der Waals surface area contributed by atoms with Crippen LogP contribution >= 0.6 is 0 Å². The van der Waals surface area contributed by atoms with E-state index in [0.29, 0.717) is 17.7 Å². The normalized spacial score (nSPS) is 14.1. The Morgan fingerprint density at radius 3 is 2.55 bits per heavy atom. The lowest BCUT2D eigenvalue weighted by atomic mass is 9.89. The molecular weight excluding hydrogens is 478 g/mol. The van der Waals surface area contributed by atoms with Crippen LogP contribution in [0.25, 0.3) is 38.9 Å². The molecule has 5 N–H and O–H groups in total. The van der Waals surface area contributed by atoms with Gasteiger partial charge in [-0.3, -0.25) is 4.40 Å². The van der Waals surface area contributed by atoms with Crippen molar-refractivity contribution in [1.82, 2.24) is 19.4 Å².